The van der Waals surface area contributed by atoms with E-state index < -0.39 is 0 Å². The van der Waals surface area contributed by atoms with E-state index >= 15 is 0 Å². The van der Waals surface area contributed by atoms with Crippen molar-refractivity contribution in [2.75, 3.05) is 18.4 Å². The van der Waals surface area contributed by atoms with E-state index in [0.717, 1.165) is 51.2 Å². The molecule has 4 heterocycles. The van der Waals surface area contributed by atoms with Gasteiger partial charge >= 0.3 is 0 Å². The Morgan fingerprint density at radius 3 is 2.88 bits per heavy atom. The van der Waals surface area contributed by atoms with Crippen molar-refractivity contribution in [1.29, 1.82) is 0 Å². The van der Waals surface area contributed by atoms with Gasteiger partial charge in [-0.25, -0.2) is 9.97 Å². The van der Waals surface area contributed by atoms with Crippen LogP contribution in [0.5, 0.6) is 0 Å². The molecule has 2 aliphatic rings. The van der Waals surface area contributed by atoms with Gasteiger partial charge in [0.05, 0.1) is 33.0 Å². The molecular weight excluding hydrogens is 492 g/mol. The standard InChI is InChI=1S/C23H23ClN6O2S2/c1-11-8-30(9-12(2)32-11)23(31)13-3-4-14-18(5-13)33-22-20(14)21(25-10-26-22)27-16-7-19-17(6-15(16)24)28-29-34-19/h6-7,10-13H,3-5,8-9H2,1-2H3,(H,25,26,27)/t11-,12-,13+/m1/s1. The summed E-state index contributed by atoms with van der Waals surface area (Å²) in [6.45, 7) is 5.39. The molecule has 0 bridgehead atoms. The highest BCUT2D eigenvalue weighted by atomic mass is 35.5. The van der Waals surface area contributed by atoms with Crippen LogP contribution in [0, 0.1) is 5.92 Å². The maximum absolute atomic E-state index is 13.3. The third-order valence-electron chi connectivity index (χ3n) is 6.52. The number of hydrogen-bond acceptors (Lipinski definition) is 9. The molecule has 1 aliphatic carbocycles. The molecule has 11 heteroatoms. The molecule has 6 rings (SSSR count). The van der Waals surface area contributed by atoms with Crippen molar-refractivity contribution in [2.24, 2.45) is 5.92 Å². The largest absolute Gasteiger partial charge is 0.372 e. The van der Waals surface area contributed by atoms with Crippen LogP contribution in [0.1, 0.15) is 30.7 Å². The van der Waals surface area contributed by atoms with Crippen LogP contribution in [0.15, 0.2) is 18.5 Å². The Labute approximate surface area is 209 Å². The summed E-state index contributed by atoms with van der Waals surface area (Å²) < 4.78 is 10.8. The van der Waals surface area contributed by atoms with Gasteiger partial charge in [-0.05, 0) is 62.3 Å². The summed E-state index contributed by atoms with van der Waals surface area (Å²) in [6, 6.07) is 3.77. The summed E-state index contributed by atoms with van der Waals surface area (Å²) in [4.78, 5) is 26.5. The van der Waals surface area contributed by atoms with E-state index in [1.807, 2.05) is 30.9 Å². The van der Waals surface area contributed by atoms with Crippen LogP contribution in [0.3, 0.4) is 0 Å². The number of thiophene rings is 1. The van der Waals surface area contributed by atoms with Gasteiger partial charge in [-0.3, -0.25) is 4.79 Å². The summed E-state index contributed by atoms with van der Waals surface area (Å²) in [5, 5.41) is 9.09. The number of nitrogens with zero attached hydrogens (tertiary/aromatic N) is 5. The summed E-state index contributed by atoms with van der Waals surface area (Å²) in [6.07, 6.45) is 4.12. The van der Waals surface area contributed by atoms with Crippen LogP contribution in [-0.2, 0) is 22.4 Å². The second-order valence-corrected chi connectivity index (χ2v) is 11.3. The lowest BCUT2D eigenvalue weighted by Crippen LogP contribution is -2.50. The molecule has 4 aromatic rings. The quantitative estimate of drug-likeness (QED) is 0.418. The number of benzene rings is 1. The third kappa shape index (κ3) is 3.92. The fraction of sp³-hybridized carbons (Fsp3) is 0.435. The first-order chi connectivity index (χ1) is 16.5. The van der Waals surface area contributed by atoms with E-state index in [0.29, 0.717) is 18.1 Å². The molecule has 1 N–H and O–H groups in total. The molecule has 3 atom stereocenters. The first-order valence-corrected chi connectivity index (χ1v) is 13.3. The van der Waals surface area contributed by atoms with Crippen LogP contribution >= 0.6 is 34.5 Å². The van der Waals surface area contributed by atoms with Crippen molar-refractivity contribution in [3.05, 3.63) is 33.9 Å². The maximum atomic E-state index is 13.3. The second kappa shape index (κ2) is 8.67. The van der Waals surface area contributed by atoms with Gasteiger partial charge in [0.1, 0.15) is 22.5 Å². The average Bonchev–Trinajstić information content (AvgIpc) is 3.41. The molecular formula is C23H23ClN6O2S2. The highest BCUT2D eigenvalue weighted by Gasteiger charge is 2.34. The Bertz CT molecular complexity index is 1400. The van der Waals surface area contributed by atoms with E-state index in [4.69, 9.17) is 16.3 Å². The van der Waals surface area contributed by atoms with Crippen LogP contribution < -0.4 is 5.32 Å². The summed E-state index contributed by atoms with van der Waals surface area (Å²) in [5.41, 5.74) is 2.79. The van der Waals surface area contributed by atoms with Gasteiger partial charge in [0.15, 0.2) is 0 Å². The van der Waals surface area contributed by atoms with E-state index in [1.165, 1.54) is 22.0 Å². The number of fused-ring (bicyclic) bond motifs is 4. The van der Waals surface area contributed by atoms with E-state index in [-0.39, 0.29) is 24.0 Å². The number of nitrogens with one attached hydrogen (secondary N) is 1. The zero-order valence-corrected chi connectivity index (χ0v) is 21.1. The lowest BCUT2D eigenvalue weighted by atomic mass is 9.86. The number of amides is 1. The highest BCUT2D eigenvalue weighted by Crippen LogP contribution is 2.41. The minimum atomic E-state index is -0.00175. The first kappa shape index (κ1) is 22.1. The molecule has 176 valence electrons. The summed E-state index contributed by atoms with van der Waals surface area (Å²) in [7, 11) is 0. The number of ether oxygens (including phenoxy) is 1. The van der Waals surface area contributed by atoms with Crippen molar-refractivity contribution in [2.45, 2.75) is 45.3 Å². The minimum Gasteiger partial charge on any atom is -0.372 e. The first-order valence-electron chi connectivity index (χ1n) is 11.3. The lowest BCUT2D eigenvalue weighted by Gasteiger charge is -2.37. The smallest absolute Gasteiger partial charge is 0.226 e. The Balaban J connectivity index is 1.29. The second-order valence-electron chi connectivity index (χ2n) is 9.04. The van der Waals surface area contributed by atoms with Crippen LogP contribution in [0.4, 0.5) is 11.5 Å². The molecule has 1 aromatic carbocycles. The minimum absolute atomic E-state index is 0.00175. The molecule has 8 nitrogen and oxygen atoms in total. The van der Waals surface area contributed by atoms with E-state index in [2.05, 4.69) is 24.9 Å². The zero-order chi connectivity index (χ0) is 23.4. The third-order valence-corrected chi connectivity index (χ3v) is 8.68. The number of rotatable bonds is 3. The lowest BCUT2D eigenvalue weighted by molar-refractivity contribution is -0.147. The van der Waals surface area contributed by atoms with E-state index in [1.54, 1.807) is 17.7 Å². The molecule has 1 saturated heterocycles. The normalized spacial score (nSPS) is 22.8. The molecule has 0 unspecified atom stereocenters. The predicted octanol–water partition coefficient (Wildman–Crippen LogP) is 4.83. The number of hydrogen-bond donors (Lipinski definition) is 1. The Kier molecular flexibility index (Phi) is 5.63. The molecule has 1 amide bonds. The van der Waals surface area contributed by atoms with Crippen LogP contribution in [-0.4, -0.2) is 55.7 Å². The molecule has 0 saturated carbocycles. The Morgan fingerprint density at radius 2 is 2.06 bits per heavy atom. The SMILES string of the molecule is C[C@@H]1CN(C(=O)[C@H]2CCc3c(sc4ncnc(Nc5cc6snnc6cc5Cl)c34)C2)C[C@@H](C)O1. The highest BCUT2D eigenvalue weighted by molar-refractivity contribution is 7.19. The number of aryl methyl sites for hydroxylation is 1. The number of anilines is 2. The van der Waals surface area contributed by atoms with Crippen molar-refractivity contribution in [3.63, 3.8) is 0 Å². The fourth-order valence-corrected chi connectivity index (χ4v) is 7.11. The fourth-order valence-electron chi connectivity index (χ4n) is 5.06. The van der Waals surface area contributed by atoms with Crippen LogP contribution in [0.25, 0.3) is 20.4 Å². The van der Waals surface area contributed by atoms with Crippen molar-refractivity contribution in [3.8, 4) is 0 Å². The molecule has 0 radical (unpaired) electrons. The Hall–Kier alpha value is -2.40. The van der Waals surface area contributed by atoms with Gasteiger partial charge < -0.3 is 15.0 Å². The summed E-state index contributed by atoms with van der Waals surface area (Å²) >= 11 is 9.50. The number of carbonyl (C=O) groups excluding carboxylic acids is 1. The van der Waals surface area contributed by atoms with E-state index in [9.17, 15) is 4.79 Å². The van der Waals surface area contributed by atoms with Gasteiger partial charge in [0.2, 0.25) is 5.91 Å². The summed E-state index contributed by atoms with van der Waals surface area (Å²) in [5.74, 6) is 0.979. The van der Waals surface area contributed by atoms with Gasteiger partial charge in [-0.2, -0.15) is 0 Å². The molecule has 1 aliphatic heterocycles. The number of aromatic nitrogens is 4. The topological polar surface area (TPSA) is 93.1 Å². The molecule has 1 fully saturated rings. The predicted molar refractivity (Wildman–Crippen MR) is 135 cm³/mol. The monoisotopic (exact) mass is 514 g/mol. The van der Waals surface area contributed by atoms with Crippen molar-refractivity contribution < 1.29 is 9.53 Å². The van der Waals surface area contributed by atoms with Gasteiger partial charge in [0, 0.05) is 23.9 Å². The van der Waals surface area contributed by atoms with Crippen molar-refractivity contribution >= 4 is 72.3 Å². The van der Waals surface area contributed by atoms with Crippen molar-refractivity contribution in [1.82, 2.24) is 24.5 Å². The number of halogens is 1. The molecule has 34 heavy (non-hydrogen) atoms. The maximum Gasteiger partial charge on any atom is 0.226 e. The number of morpholine rings is 1. The van der Waals surface area contributed by atoms with Gasteiger partial charge in [-0.1, -0.05) is 16.1 Å². The molecule has 3 aromatic heterocycles. The van der Waals surface area contributed by atoms with Gasteiger partial charge in [-0.15, -0.1) is 16.4 Å². The van der Waals surface area contributed by atoms with Crippen LogP contribution in [0.2, 0.25) is 5.02 Å². The zero-order valence-electron chi connectivity index (χ0n) is 18.7. The van der Waals surface area contributed by atoms with Gasteiger partial charge in [0.25, 0.3) is 0 Å². The number of carbonyl (C=O) groups is 1. The average molecular weight is 515 g/mol. The molecule has 0 spiro atoms. The Morgan fingerprint density at radius 1 is 1.24 bits per heavy atom.